The molecule has 164 valence electrons. The van der Waals surface area contributed by atoms with Crippen LogP contribution in [-0.2, 0) is 11.8 Å². The molecule has 0 atom stereocenters. The van der Waals surface area contributed by atoms with Crippen molar-refractivity contribution >= 4 is 23.0 Å². The second kappa shape index (κ2) is 7.88. The first-order chi connectivity index (χ1) is 15.1. The summed E-state index contributed by atoms with van der Waals surface area (Å²) in [6.07, 6.45) is 8.00. The van der Waals surface area contributed by atoms with Crippen LogP contribution in [0, 0.1) is 5.41 Å². The van der Waals surface area contributed by atoms with E-state index in [4.69, 9.17) is 9.47 Å². The van der Waals surface area contributed by atoms with Gasteiger partial charge in [-0.15, -0.1) is 0 Å². The Labute approximate surface area is 180 Å². The van der Waals surface area contributed by atoms with E-state index < -0.39 is 0 Å². The highest BCUT2D eigenvalue weighted by Gasteiger charge is 2.37. The number of nitrogens with one attached hydrogen (secondary N) is 2. The average molecular weight is 425 g/mol. The standard InChI is InChI=1S/C22H28N6O3/c1-27-14-15(13-23-27)16-3-4-17(30-2)19-18(16)24-20(25-19)26-21(29)28-9-5-22(6-10-28)7-11-31-12-8-22/h3-4,13-14H,5-12H2,1-2H3,(H2,24,25,26,29). The maximum absolute atomic E-state index is 12.9. The van der Waals surface area contributed by atoms with Gasteiger partial charge in [0, 0.05) is 50.7 Å². The summed E-state index contributed by atoms with van der Waals surface area (Å²) in [6, 6.07) is 3.73. The molecule has 9 heteroatoms. The second-order valence-corrected chi connectivity index (χ2v) is 8.56. The maximum atomic E-state index is 12.9. The predicted octanol–water partition coefficient (Wildman–Crippen LogP) is 3.40. The van der Waals surface area contributed by atoms with Gasteiger partial charge < -0.3 is 19.4 Å². The number of anilines is 1. The molecular weight excluding hydrogens is 396 g/mol. The van der Waals surface area contributed by atoms with Gasteiger partial charge in [-0.1, -0.05) is 0 Å². The number of carbonyl (C=O) groups is 1. The van der Waals surface area contributed by atoms with Crippen molar-refractivity contribution < 1.29 is 14.3 Å². The highest BCUT2D eigenvalue weighted by atomic mass is 16.5. The lowest BCUT2D eigenvalue weighted by Crippen LogP contribution is -2.46. The number of rotatable bonds is 3. The summed E-state index contributed by atoms with van der Waals surface area (Å²) in [4.78, 5) is 22.7. The van der Waals surface area contributed by atoms with E-state index in [0.717, 1.165) is 74.1 Å². The third kappa shape index (κ3) is 3.74. The van der Waals surface area contributed by atoms with Crippen LogP contribution in [-0.4, -0.2) is 64.1 Å². The number of aryl methyl sites for hydroxylation is 1. The normalized spacial score (nSPS) is 18.5. The van der Waals surface area contributed by atoms with Gasteiger partial charge in [-0.3, -0.25) is 10.00 Å². The first kappa shape index (κ1) is 19.9. The lowest BCUT2D eigenvalue weighted by Gasteiger charge is -2.43. The number of urea groups is 1. The predicted molar refractivity (Wildman–Crippen MR) is 117 cm³/mol. The van der Waals surface area contributed by atoms with Crippen LogP contribution in [0.4, 0.5) is 10.7 Å². The molecule has 1 spiro atoms. The number of hydrogen-bond acceptors (Lipinski definition) is 5. The van der Waals surface area contributed by atoms with Crippen LogP contribution in [0.2, 0.25) is 0 Å². The molecule has 0 radical (unpaired) electrons. The largest absolute Gasteiger partial charge is 0.494 e. The number of benzene rings is 1. The summed E-state index contributed by atoms with van der Waals surface area (Å²) in [6.45, 7) is 3.20. The van der Waals surface area contributed by atoms with Gasteiger partial charge in [0.25, 0.3) is 0 Å². The molecule has 2 aromatic heterocycles. The number of nitrogens with zero attached hydrogens (tertiary/aromatic N) is 4. The van der Waals surface area contributed by atoms with E-state index in [2.05, 4.69) is 20.4 Å². The van der Waals surface area contributed by atoms with Crippen LogP contribution in [0.3, 0.4) is 0 Å². The molecule has 0 bridgehead atoms. The van der Waals surface area contributed by atoms with Crippen molar-refractivity contribution in [3.63, 3.8) is 0 Å². The number of ether oxygens (including phenoxy) is 2. The molecule has 1 aromatic carbocycles. The molecule has 0 unspecified atom stereocenters. The van der Waals surface area contributed by atoms with Crippen LogP contribution in [0.25, 0.3) is 22.2 Å². The lowest BCUT2D eigenvalue weighted by molar-refractivity contribution is -0.0138. The molecule has 2 N–H and O–H groups in total. The molecule has 2 amide bonds. The molecule has 5 rings (SSSR count). The number of fused-ring (bicyclic) bond motifs is 1. The number of imidazole rings is 1. The topological polar surface area (TPSA) is 97.3 Å². The highest BCUT2D eigenvalue weighted by Crippen LogP contribution is 2.40. The summed E-state index contributed by atoms with van der Waals surface area (Å²) in [7, 11) is 3.50. The Morgan fingerprint density at radius 3 is 2.68 bits per heavy atom. The minimum absolute atomic E-state index is 0.122. The van der Waals surface area contributed by atoms with Crippen LogP contribution >= 0.6 is 0 Å². The molecule has 2 aliphatic rings. The Kier molecular flexibility index (Phi) is 5.05. The lowest BCUT2D eigenvalue weighted by atomic mass is 9.72. The van der Waals surface area contributed by atoms with Gasteiger partial charge in [0.15, 0.2) is 0 Å². The number of aromatic nitrogens is 4. The number of aromatic amines is 1. The summed E-state index contributed by atoms with van der Waals surface area (Å²) < 4.78 is 12.8. The fraction of sp³-hybridized carbons (Fsp3) is 0.500. The van der Waals surface area contributed by atoms with Crippen molar-refractivity contribution in [3.8, 4) is 16.9 Å². The molecule has 2 fully saturated rings. The monoisotopic (exact) mass is 424 g/mol. The fourth-order valence-corrected chi connectivity index (χ4v) is 4.76. The quantitative estimate of drug-likeness (QED) is 0.672. The van der Waals surface area contributed by atoms with E-state index in [1.807, 2.05) is 30.3 Å². The molecule has 2 saturated heterocycles. The highest BCUT2D eigenvalue weighted by molar-refractivity contribution is 5.98. The Morgan fingerprint density at radius 2 is 2.00 bits per heavy atom. The summed E-state index contributed by atoms with van der Waals surface area (Å²) in [5, 5.41) is 7.20. The summed E-state index contributed by atoms with van der Waals surface area (Å²) in [5.74, 6) is 1.09. The van der Waals surface area contributed by atoms with Gasteiger partial charge in [0.05, 0.1) is 13.3 Å². The first-order valence-corrected chi connectivity index (χ1v) is 10.8. The second-order valence-electron chi connectivity index (χ2n) is 8.56. The fourth-order valence-electron chi connectivity index (χ4n) is 4.76. The molecule has 3 aromatic rings. The summed E-state index contributed by atoms with van der Waals surface area (Å²) >= 11 is 0. The van der Waals surface area contributed by atoms with E-state index in [1.165, 1.54) is 0 Å². The molecule has 31 heavy (non-hydrogen) atoms. The SMILES string of the molecule is COc1ccc(-c2cnn(C)c2)c2nc(NC(=O)N3CCC4(CCOCC4)CC3)[nH]c12. The maximum Gasteiger partial charge on any atom is 0.324 e. The zero-order valence-electron chi connectivity index (χ0n) is 18.0. The number of amides is 2. The van der Waals surface area contributed by atoms with Gasteiger partial charge in [-0.25, -0.2) is 9.78 Å². The van der Waals surface area contributed by atoms with E-state index >= 15 is 0 Å². The number of hydrogen-bond donors (Lipinski definition) is 2. The van der Waals surface area contributed by atoms with E-state index in [1.54, 1.807) is 18.0 Å². The molecule has 2 aliphatic heterocycles. The van der Waals surface area contributed by atoms with Crippen LogP contribution in [0.5, 0.6) is 5.75 Å². The minimum atomic E-state index is -0.122. The van der Waals surface area contributed by atoms with Crippen molar-refractivity contribution in [2.45, 2.75) is 25.7 Å². The van der Waals surface area contributed by atoms with Crippen molar-refractivity contribution in [1.82, 2.24) is 24.6 Å². The Hall–Kier alpha value is -3.07. The van der Waals surface area contributed by atoms with Crippen molar-refractivity contribution in [1.29, 1.82) is 0 Å². The first-order valence-electron chi connectivity index (χ1n) is 10.8. The number of piperidine rings is 1. The van der Waals surface area contributed by atoms with Crippen molar-refractivity contribution in [3.05, 3.63) is 24.5 Å². The van der Waals surface area contributed by atoms with Crippen molar-refractivity contribution in [2.24, 2.45) is 12.5 Å². The van der Waals surface area contributed by atoms with Gasteiger partial charge >= 0.3 is 6.03 Å². The number of methoxy groups -OCH3 is 1. The number of likely N-dealkylation sites (tertiary alicyclic amines) is 1. The molecule has 0 aliphatic carbocycles. The third-order valence-electron chi connectivity index (χ3n) is 6.73. The van der Waals surface area contributed by atoms with Crippen molar-refractivity contribution in [2.75, 3.05) is 38.7 Å². The summed E-state index contributed by atoms with van der Waals surface area (Å²) in [5.41, 5.74) is 3.72. The third-order valence-corrected chi connectivity index (χ3v) is 6.73. The van der Waals surface area contributed by atoms with Crippen LogP contribution < -0.4 is 10.1 Å². The minimum Gasteiger partial charge on any atom is -0.494 e. The zero-order valence-corrected chi connectivity index (χ0v) is 18.0. The number of carbonyl (C=O) groups excluding carboxylic acids is 1. The van der Waals surface area contributed by atoms with Crippen LogP contribution in [0.1, 0.15) is 25.7 Å². The van der Waals surface area contributed by atoms with E-state index in [-0.39, 0.29) is 6.03 Å². The van der Waals surface area contributed by atoms with Gasteiger partial charge in [-0.2, -0.15) is 5.10 Å². The smallest absolute Gasteiger partial charge is 0.324 e. The number of H-pyrrole nitrogens is 1. The van der Waals surface area contributed by atoms with Crippen LogP contribution in [0.15, 0.2) is 24.5 Å². The molecule has 4 heterocycles. The average Bonchev–Trinajstić information content (AvgIpc) is 3.40. The Bertz CT molecular complexity index is 1090. The van der Waals surface area contributed by atoms with E-state index in [9.17, 15) is 4.79 Å². The molecule has 9 nitrogen and oxygen atoms in total. The van der Waals surface area contributed by atoms with E-state index in [0.29, 0.717) is 17.1 Å². The van der Waals surface area contributed by atoms with Gasteiger partial charge in [0.2, 0.25) is 5.95 Å². The Balaban J connectivity index is 1.35. The molecule has 0 saturated carbocycles. The molecular formula is C22H28N6O3. The van der Waals surface area contributed by atoms with Gasteiger partial charge in [0.1, 0.15) is 16.8 Å². The van der Waals surface area contributed by atoms with Gasteiger partial charge in [-0.05, 0) is 43.2 Å². The zero-order chi connectivity index (χ0) is 21.4. The Morgan fingerprint density at radius 1 is 1.23 bits per heavy atom.